The smallest absolute Gasteiger partial charge is 0.235 e. The van der Waals surface area contributed by atoms with E-state index in [0.717, 1.165) is 19.3 Å². The van der Waals surface area contributed by atoms with Gasteiger partial charge in [-0.15, -0.1) is 0 Å². The van der Waals surface area contributed by atoms with Gasteiger partial charge in [-0.05, 0) is 87.3 Å². The van der Waals surface area contributed by atoms with Crippen molar-refractivity contribution in [3.63, 3.8) is 0 Å². The molecule has 1 heterocycles. The van der Waals surface area contributed by atoms with Crippen LogP contribution in [0.5, 0.6) is 0 Å². The van der Waals surface area contributed by atoms with E-state index in [2.05, 4.69) is 120 Å². The van der Waals surface area contributed by atoms with Gasteiger partial charge in [-0.3, -0.25) is 9.59 Å². The first-order valence-corrected chi connectivity index (χ1v) is 22.5. The summed E-state index contributed by atoms with van der Waals surface area (Å²) in [5, 5.41) is 3.38. The minimum Gasteiger partial charge on any atom is -0.411 e. The summed E-state index contributed by atoms with van der Waals surface area (Å²) in [5.74, 6) is -0.0398. The van der Waals surface area contributed by atoms with Crippen molar-refractivity contribution in [3.8, 4) is 0 Å². The van der Waals surface area contributed by atoms with Gasteiger partial charge < -0.3 is 14.2 Å². The lowest BCUT2D eigenvalue weighted by molar-refractivity contribution is -0.142. The molecule has 2 aliphatic carbocycles. The fraction of sp³-hybridized carbons (Fsp3) is 0.778. The Kier molecular flexibility index (Phi) is 10.5. The van der Waals surface area contributed by atoms with E-state index in [0.29, 0.717) is 5.92 Å². The zero-order valence-electron chi connectivity index (χ0n) is 30.1. The number of hydrogen-bond donors (Lipinski definition) is 1. The molecule has 1 aliphatic heterocycles. The van der Waals surface area contributed by atoms with Crippen molar-refractivity contribution >= 4 is 28.3 Å². The molecule has 1 fully saturated rings. The van der Waals surface area contributed by atoms with Crippen LogP contribution in [0.25, 0.3) is 0 Å². The molecule has 0 aromatic heterocycles. The normalized spacial score (nSPS) is 34.9. The van der Waals surface area contributed by atoms with Crippen LogP contribution in [-0.2, 0) is 18.4 Å². The highest BCUT2D eigenvalue weighted by molar-refractivity contribution is 6.74. The minimum atomic E-state index is -2.23. The van der Waals surface area contributed by atoms with Gasteiger partial charge in [0.25, 0.3) is 0 Å². The molecule has 7 atom stereocenters. The average Bonchev–Trinajstić information content (AvgIpc) is 3.12. The predicted octanol–water partition coefficient (Wildman–Crippen LogP) is 8.99. The molecular weight excluding hydrogens is 567 g/mol. The molecule has 0 radical (unpaired) electrons. The molecule has 0 bridgehead atoms. The summed E-state index contributed by atoms with van der Waals surface area (Å²) in [6.45, 7) is 33.6. The summed E-state index contributed by atoms with van der Waals surface area (Å²) in [6, 6.07) is -0.0289. The van der Waals surface area contributed by atoms with Crippen LogP contribution in [0.2, 0.25) is 36.3 Å². The molecule has 3 rings (SSSR count). The molecular formula is C36H63NO4Si2. The predicted molar refractivity (Wildman–Crippen MR) is 185 cm³/mol. The SMILES string of the molecule is CC1=C[C@@H]2/C=C(\C)CC[C@@H](O[Si](C)(C)C(C)(C)C)[C@@H](O[Si](C)(C)C(C)(C)C)/C=C/C(=O)[C@]23C(=O)N[C@@H](CC(C)C)[C@@H]3[C@@H]1C. The molecule has 1 amide bonds. The lowest BCUT2D eigenvalue weighted by Gasteiger charge is -2.45. The molecule has 3 aliphatic rings. The van der Waals surface area contributed by atoms with Crippen LogP contribution in [-0.4, -0.2) is 46.6 Å². The van der Waals surface area contributed by atoms with Crippen LogP contribution < -0.4 is 5.32 Å². The minimum absolute atomic E-state index is 0.000192. The van der Waals surface area contributed by atoms with Gasteiger partial charge in [0.05, 0.1) is 12.2 Å². The highest BCUT2D eigenvalue weighted by atomic mass is 28.4. The van der Waals surface area contributed by atoms with Crippen LogP contribution in [0.4, 0.5) is 0 Å². The second kappa shape index (κ2) is 12.5. The standard InChI is InChI=1S/C36H63NO4Si2/c1-23(2)20-28-32-26(5)25(4)22-27-21-24(3)16-17-29(40-42(12,13)34(6,7)8)30(41-43(14,15)35(9,10)11)18-19-31(38)36(27,32)33(39)37-28/h18-19,21-23,26-30,32H,16-17,20H2,1-15H3,(H,37,39)/b19-18+,24-21+/t26-,27+,28+,29-,30+,32+,36-/m1/s1. The number of hydrogen-bond acceptors (Lipinski definition) is 4. The Balaban J connectivity index is 2.23. The quantitative estimate of drug-likeness (QED) is 0.181. The maximum absolute atomic E-state index is 14.8. The summed E-state index contributed by atoms with van der Waals surface area (Å²) in [5.41, 5.74) is 1.31. The summed E-state index contributed by atoms with van der Waals surface area (Å²) < 4.78 is 14.3. The largest absolute Gasteiger partial charge is 0.411 e. The Morgan fingerprint density at radius 2 is 1.51 bits per heavy atom. The topological polar surface area (TPSA) is 64.6 Å². The molecule has 7 heteroatoms. The first-order valence-electron chi connectivity index (χ1n) is 16.7. The van der Waals surface area contributed by atoms with Gasteiger partial charge in [0, 0.05) is 17.9 Å². The van der Waals surface area contributed by atoms with E-state index in [1.807, 2.05) is 6.08 Å². The van der Waals surface area contributed by atoms with Gasteiger partial charge >= 0.3 is 0 Å². The highest BCUT2D eigenvalue weighted by Crippen LogP contribution is 2.55. The molecule has 1 saturated heterocycles. The second-order valence-electron chi connectivity index (χ2n) is 17.4. The van der Waals surface area contributed by atoms with Gasteiger partial charge in [0.1, 0.15) is 5.41 Å². The van der Waals surface area contributed by atoms with Gasteiger partial charge in [-0.1, -0.05) is 91.7 Å². The second-order valence-corrected chi connectivity index (χ2v) is 26.9. The number of rotatable bonds is 6. The molecule has 0 saturated carbocycles. The van der Waals surface area contributed by atoms with E-state index in [9.17, 15) is 9.59 Å². The molecule has 244 valence electrons. The molecule has 1 N–H and O–H groups in total. The Labute approximate surface area is 266 Å². The van der Waals surface area contributed by atoms with Crippen molar-refractivity contribution in [2.75, 3.05) is 0 Å². The highest BCUT2D eigenvalue weighted by Gasteiger charge is 2.65. The first kappa shape index (κ1) is 36.2. The zero-order valence-corrected chi connectivity index (χ0v) is 32.1. The van der Waals surface area contributed by atoms with E-state index < -0.39 is 22.0 Å². The van der Waals surface area contributed by atoms with Gasteiger partial charge in [-0.2, -0.15) is 0 Å². The van der Waals surface area contributed by atoms with E-state index in [-0.39, 0.29) is 57.8 Å². The molecule has 0 aromatic carbocycles. The number of ketones is 1. The lowest BCUT2D eigenvalue weighted by atomic mass is 9.55. The van der Waals surface area contributed by atoms with E-state index in [1.54, 1.807) is 6.08 Å². The number of nitrogens with one attached hydrogen (secondary N) is 1. The fourth-order valence-electron chi connectivity index (χ4n) is 6.83. The Morgan fingerprint density at radius 3 is 2.05 bits per heavy atom. The summed E-state index contributed by atoms with van der Waals surface area (Å²) in [7, 11) is -4.39. The monoisotopic (exact) mass is 629 g/mol. The summed E-state index contributed by atoms with van der Waals surface area (Å²) in [6.07, 6.45) is 10.1. The maximum atomic E-state index is 14.8. The number of amides is 1. The van der Waals surface area contributed by atoms with Gasteiger partial charge in [0.15, 0.2) is 22.4 Å². The molecule has 43 heavy (non-hydrogen) atoms. The summed E-state index contributed by atoms with van der Waals surface area (Å²) in [4.78, 5) is 29.0. The average molecular weight is 630 g/mol. The summed E-state index contributed by atoms with van der Waals surface area (Å²) >= 11 is 0. The van der Waals surface area contributed by atoms with Gasteiger partial charge in [0.2, 0.25) is 5.91 Å². The van der Waals surface area contributed by atoms with E-state index in [4.69, 9.17) is 8.85 Å². The zero-order chi connectivity index (χ0) is 32.9. The van der Waals surface area contributed by atoms with E-state index in [1.165, 1.54) is 11.1 Å². The van der Waals surface area contributed by atoms with Crippen molar-refractivity contribution in [2.45, 2.75) is 150 Å². The lowest BCUT2D eigenvalue weighted by Crippen LogP contribution is -2.52. The van der Waals surface area contributed by atoms with E-state index >= 15 is 0 Å². The third kappa shape index (κ3) is 7.10. The molecule has 5 nitrogen and oxygen atoms in total. The Morgan fingerprint density at radius 1 is 0.953 bits per heavy atom. The van der Waals surface area contributed by atoms with Crippen molar-refractivity contribution in [3.05, 3.63) is 35.5 Å². The molecule has 1 spiro atoms. The van der Waals surface area contributed by atoms with Crippen LogP contribution in [0.15, 0.2) is 35.5 Å². The third-order valence-electron chi connectivity index (χ3n) is 11.6. The van der Waals surface area contributed by atoms with Crippen LogP contribution in [0.1, 0.15) is 95.4 Å². The maximum Gasteiger partial charge on any atom is 0.235 e. The number of carbonyl (C=O) groups is 2. The number of allylic oxidation sites excluding steroid dienone is 5. The van der Waals surface area contributed by atoms with Crippen LogP contribution >= 0.6 is 0 Å². The number of carbonyl (C=O) groups excluding carboxylic acids is 2. The van der Waals surface area contributed by atoms with Crippen LogP contribution in [0, 0.1) is 29.1 Å². The first-order chi connectivity index (χ1) is 19.5. The molecule has 0 unspecified atom stereocenters. The van der Waals surface area contributed by atoms with Crippen molar-refractivity contribution in [1.82, 2.24) is 5.32 Å². The molecule has 0 aromatic rings. The fourth-order valence-corrected chi connectivity index (χ4v) is 9.45. The Hall–Kier alpha value is -1.29. The van der Waals surface area contributed by atoms with Crippen molar-refractivity contribution in [1.29, 1.82) is 0 Å². The van der Waals surface area contributed by atoms with Crippen molar-refractivity contribution in [2.24, 2.45) is 29.1 Å². The van der Waals surface area contributed by atoms with Crippen molar-refractivity contribution < 1.29 is 18.4 Å². The Bertz CT molecular complexity index is 1150. The third-order valence-corrected chi connectivity index (χ3v) is 20.6. The van der Waals surface area contributed by atoms with Crippen LogP contribution in [0.3, 0.4) is 0 Å². The van der Waals surface area contributed by atoms with Gasteiger partial charge in [-0.25, -0.2) is 0 Å².